The molecular formula is C102H102N23O6P. The Morgan fingerprint density at radius 1 is 0.455 bits per heavy atom. The molecule has 11 heterocycles. The summed E-state index contributed by atoms with van der Waals surface area (Å²) >= 11 is 0. The number of ether oxygens (including phenoxy) is 2. The Hall–Kier alpha value is -15.4. The number of rotatable bonds is 21. The molecule has 5 aromatic heterocycles. The summed E-state index contributed by atoms with van der Waals surface area (Å²) in [6.45, 7) is 30.1. The Kier molecular flexibility index (Phi) is 27.0. The molecular weight excluding hydrogens is 1670 g/mol. The fraction of sp³-hybridized carbons (Fsp3) is 0.324. The van der Waals surface area contributed by atoms with E-state index in [2.05, 4.69) is 231 Å². The molecule has 12 aromatic rings. The van der Waals surface area contributed by atoms with Crippen molar-refractivity contribution in [3.8, 4) is 48.2 Å². The van der Waals surface area contributed by atoms with E-state index in [9.17, 15) is 50.5 Å². The first-order chi connectivity index (χ1) is 64.2. The lowest BCUT2D eigenvalue weighted by Gasteiger charge is -2.43. The number of hydrogen-bond acceptors (Lipinski definition) is 24. The highest BCUT2D eigenvalue weighted by molar-refractivity contribution is 7.70. The number of amides is 3. The highest BCUT2D eigenvalue weighted by Gasteiger charge is 2.41. The van der Waals surface area contributed by atoms with Crippen molar-refractivity contribution in [1.82, 2.24) is 54.0 Å². The first-order valence-corrected chi connectivity index (χ1v) is 47.1. The molecule has 132 heavy (non-hydrogen) atoms. The van der Waals surface area contributed by atoms with Crippen LogP contribution in [0.1, 0.15) is 86.4 Å². The molecule has 0 saturated carbocycles. The van der Waals surface area contributed by atoms with Crippen LogP contribution in [0.5, 0.6) is 11.8 Å². The van der Waals surface area contributed by atoms with Gasteiger partial charge in [0.2, 0.25) is 29.5 Å². The molecule has 30 heteroatoms. The van der Waals surface area contributed by atoms with Crippen LogP contribution in [0.3, 0.4) is 0 Å². The van der Waals surface area contributed by atoms with E-state index in [1.165, 1.54) is 73.6 Å². The monoisotopic (exact) mass is 1780 g/mol. The van der Waals surface area contributed by atoms with Crippen molar-refractivity contribution in [3.05, 3.63) is 258 Å². The second-order valence-electron chi connectivity index (χ2n) is 34.1. The van der Waals surface area contributed by atoms with Crippen LogP contribution in [0.2, 0.25) is 0 Å². The van der Waals surface area contributed by atoms with Gasteiger partial charge in [0, 0.05) is 128 Å². The number of nitriles is 6. The van der Waals surface area contributed by atoms with Crippen LogP contribution in [-0.4, -0.2) is 195 Å². The van der Waals surface area contributed by atoms with E-state index >= 15 is 0 Å². The van der Waals surface area contributed by atoms with Gasteiger partial charge in [0.05, 0.1) is 140 Å². The second-order valence-corrected chi connectivity index (χ2v) is 37.3. The molecule has 6 aliphatic rings. The number of carbonyl (C=O) groups is 3. The van der Waals surface area contributed by atoms with Gasteiger partial charge >= 0.3 is 0 Å². The summed E-state index contributed by atoms with van der Waals surface area (Å²) in [6, 6.07) is 58.9. The first-order valence-electron chi connectivity index (χ1n) is 44.5. The number of nitrogens with zero attached hydrogens (tertiary/aromatic N) is 23. The van der Waals surface area contributed by atoms with Gasteiger partial charge in [-0.25, -0.2) is 29.6 Å². The maximum atomic E-state index is 13.5. The second kappa shape index (κ2) is 39.7. The number of aryl methyl sites for hydroxylation is 3. The minimum atomic E-state index is -2.90. The fourth-order valence-corrected chi connectivity index (χ4v) is 20.8. The van der Waals surface area contributed by atoms with Gasteiger partial charge in [-0.2, -0.15) is 36.7 Å². The number of fused-ring (bicyclic) bond motifs is 7. The normalized spacial score (nSPS) is 16.4. The van der Waals surface area contributed by atoms with Gasteiger partial charge in [0.15, 0.2) is 0 Å². The number of benzene rings is 7. The number of hydrogen-bond donors (Lipinski definition) is 0. The summed E-state index contributed by atoms with van der Waals surface area (Å²) in [6.07, 6.45) is 11.3. The predicted molar refractivity (Wildman–Crippen MR) is 511 cm³/mol. The lowest BCUT2D eigenvalue weighted by atomic mass is 9.95. The van der Waals surface area contributed by atoms with Gasteiger partial charge in [0.25, 0.3) is 0 Å². The third kappa shape index (κ3) is 18.3. The molecule has 6 aliphatic heterocycles. The lowest BCUT2D eigenvalue weighted by Crippen LogP contribution is -2.55. The van der Waals surface area contributed by atoms with Crippen molar-refractivity contribution < 1.29 is 28.4 Å². The van der Waals surface area contributed by atoms with Gasteiger partial charge in [0.1, 0.15) is 73.3 Å². The molecule has 7 aromatic carbocycles. The summed E-state index contributed by atoms with van der Waals surface area (Å²) in [5.41, 5.74) is 18.4. The predicted octanol–water partition coefficient (Wildman–Crippen LogP) is 13.6. The highest BCUT2D eigenvalue weighted by Crippen LogP contribution is 2.46. The summed E-state index contributed by atoms with van der Waals surface area (Å²) in [5.74, 6) is -0.0122. The van der Waals surface area contributed by atoms with Crippen molar-refractivity contribution in [2.75, 3.05) is 134 Å². The maximum Gasteiger partial charge on any atom is 0.246 e. The standard InChI is InChI=1S/C38H36N8O2.C33H33N9O2.C31H33N6O2P/c1-3-35(47)46-19-18-44(23-28(46)14-16-39)37-29-15-17-43(34-13-7-10-27-9-6-8-26(2)36(27)34)24-32(29)42-38(30(37)22-40)48-21-20-45-25-41-31-11-4-5-12-33(31)45;1-3-30(43)42-15-14-40(19-25(42)10-12-34)32-26-11-13-39(29-9-5-8-24-7-4-6-23(2)31(24)29)20-28(26)38-33(27(32)18-35)44-17-16-41-22-36-21-37-41;1-5-28(38)37-17-16-36(19-23(37)12-14-32)30-24-13-15-35(20-26(24)34-31(25(30)18-33)40(3,4)39)27-11-7-10-22-9-6-8-21(2)29(22)27/h3-13,25,28H,1,14-15,17-21,23-24H2,2H3;3-9,21-22,25H,1,10-11,13-17,19-20H2,2H3;5-11,23H,1,12-13,15-17,19-20H2,2-4H3/t28-;25-;23-/m000/s1. The molecule has 0 spiro atoms. The van der Waals surface area contributed by atoms with Gasteiger partial charge in [-0.05, 0) is 135 Å². The maximum absolute atomic E-state index is 13.5. The zero-order chi connectivity index (χ0) is 92.4. The van der Waals surface area contributed by atoms with Gasteiger partial charge in [-0.1, -0.05) is 123 Å². The Morgan fingerprint density at radius 2 is 0.833 bits per heavy atom. The minimum absolute atomic E-state index is 0.173. The Bertz CT molecular complexity index is 6820. The zero-order valence-corrected chi connectivity index (χ0v) is 75.8. The number of aromatic nitrogens is 8. The van der Waals surface area contributed by atoms with Crippen molar-refractivity contribution in [3.63, 3.8) is 0 Å². The van der Waals surface area contributed by atoms with Crippen LogP contribution in [0.4, 0.5) is 34.1 Å². The van der Waals surface area contributed by atoms with Crippen LogP contribution in [0.15, 0.2) is 190 Å². The Labute approximate surface area is 767 Å². The van der Waals surface area contributed by atoms with E-state index in [0.717, 1.165) is 98.6 Å². The molecule has 666 valence electrons. The van der Waals surface area contributed by atoms with Crippen LogP contribution in [-0.2, 0) is 70.9 Å². The Morgan fingerprint density at radius 3 is 1.20 bits per heavy atom. The van der Waals surface area contributed by atoms with Crippen molar-refractivity contribution in [2.45, 2.75) is 110 Å². The van der Waals surface area contributed by atoms with E-state index in [-0.39, 0.29) is 67.6 Å². The highest BCUT2D eigenvalue weighted by atomic mass is 31.2. The molecule has 18 rings (SSSR count). The third-order valence-corrected chi connectivity index (χ3v) is 27.3. The SMILES string of the molecule is C=CC(=O)N1CCN(c2c(C#N)c(OCCn3cnc4ccccc43)nc3c2CCN(c2cccc4cccc(C)c24)C3)C[C@@H]1CC#N.C=CC(=O)N1CCN(c2c(C#N)c(OCCn3cncn3)nc3c2CCN(c2cccc4cccc(C)c24)C3)C[C@@H]1CC#N.C=CC(=O)N1CCN(c2c(C#N)c(P(C)(C)=O)nc3c2CCN(c2cccc4cccc(C)c24)C3)C[C@@H]1CC#N. The number of anilines is 6. The summed E-state index contributed by atoms with van der Waals surface area (Å²) in [7, 11) is -2.90. The fourth-order valence-electron chi connectivity index (χ4n) is 19.7. The van der Waals surface area contributed by atoms with Gasteiger partial charge in [-0.15, -0.1) is 0 Å². The van der Waals surface area contributed by atoms with E-state index in [0.29, 0.717) is 146 Å². The number of para-hydroxylation sites is 2. The van der Waals surface area contributed by atoms with Crippen LogP contribution in [0.25, 0.3) is 43.4 Å². The first kappa shape index (κ1) is 90.0. The van der Waals surface area contributed by atoms with Gasteiger partial charge in [-0.3, -0.25) is 14.4 Å². The molecule has 3 amide bonds. The van der Waals surface area contributed by atoms with Crippen LogP contribution >= 0.6 is 7.14 Å². The van der Waals surface area contributed by atoms with E-state index in [1.807, 2.05) is 28.8 Å². The average molecular weight is 1780 g/mol. The van der Waals surface area contributed by atoms with Crippen LogP contribution in [0, 0.1) is 88.8 Å². The summed E-state index contributed by atoms with van der Waals surface area (Å²) in [4.78, 5) is 79.7. The quantitative estimate of drug-likeness (QED) is 0.0476. The van der Waals surface area contributed by atoms with E-state index < -0.39 is 7.14 Å². The lowest BCUT2D eigenvalue weighted by molar-refractivity contribution is -0.129. The smallest absolute Gasteiger partial charge is 0.246 e. The van der Waals surface area contributed by atoms with E-state index in [1.54, 1.807) is 45.4 Å². The molecule has 3 saturated heterocycles. The molecule has 0 aliphatic carbocycles. The van der Waals surface area contributed by atoms with Crippen molar-refractivity contribution in [1.29, 1.82) is 31.6 Å². The molecule has 29 nitrogen and oxygen atoms in total. The number of carbonyl (C=O) groups excluding carboxylic acids is 3. The molecule has 0 bridgehead atoms. The largest absolute Gasteiger partial charge is 0.475 e. The molecule has 3 atom stereocenters. The molecule has 0 N–H and O–H groups in total. The molecule has 3 fully saturated rings. The third-order valence-electron chi connectivity index (χ3n) is 25.9. The number of piperazine rings is 3. The molecule has 0 radical (unpaired) electrons. The summed E-state index contributed by atoms with van der Waals surface area (Å²) < 4.78 is 29.7. The van der Waals surface area contributed by atoms with E-state index in [4.69, 9.17) is 24.4 Å². The number of pyridine rings is 3. The summed E-state index contributed by atoms with van der Waals surface area (Å²) in [5, 5.41) is 71.5. The van der Waals surface area contributed by atoms with Gasteiger partial charge < -0.3 is 62.7 Å². The Balaban J connectivity index is 0.000000145. The average Bonchev–Trinajstić information content (AvgIpc) is 0.778. The van der Waals surface area contributed by atoms with Crippen molar-refractivity contribution in [2.24, 2.45) is 0 Å². The topological polar surface area (TPSA) is 346 Å². The van der Waals surface area contributed by atoms with Crippen molar-refractivity contribution >= 4 is 108 Å². The van der Waals surface area contributed by atoms with Crippen LogP contribution < -0.4 is 44.3 Å². The minimum Gasteiger partial charge on any atom is -0.475 e. The zero-order valence-electron chi connectivity index (χ0n) is 74.9. The number of imidazole rings is 1. The molecule has 0 unspecified atom stereocenters.